The summed E-state index contributed by atoms with van der Waals surface area (Å²) in [7, 11) is -3.27. The molecule has 0 aromatic heterocycles. The van der Waals surface area contributed by atoms with E-state index in [4.69, 9.17) is 11.6 Å². The molecule has 0 saturated carbocycles. The van der Waals surface area contributed by atoms with Crippen molar-refractivity contribution in [3.05, 3.63) is 70.2 Å². The molecule has 0 spiro atoms. The van der Waals surface area contributed by atoms with Gasteiger partial charge in [-0.2, -0.15) is 0 Å². The van der Waals surface area contributed by atoms with Crippen LogP contribution in [0.25, 0.3) is 0 Å². The SMILES string of the molecule is O=C(NCc1ccc(Cl)cc1)c1ccc(CS(=O)(=O)N2CCCC2)cc1. The number of sulfonamides is 1. The van der Waals surface area contributed by atoms with Crippen LogP contribution in [-0.4, -0.2) is 31.7 Å². The molecule has 0 bridgehead atoms. The van der Waals surface area contributed by atoms with Gasteiger partial charge in [0.1, 0.15) is 0 Å². The van der Waals surface area contributed by atoms with Crippen molar-refractivity contribution in [2.45, 2.75) is 25.1 Å². The van der Waals surface area contributed by atoms with Crippen molar-refractivity contribution < 1.29 is 13.2 Å². The molecule has 1 aliphatic heterocycles. The molecule has 1 N–H and O–H groups in total. The molecule has 3 rings (SSSR count). The van der Waals surface area contributed by atoms with E-state index in [1.807, 2.05) is 12.1 Å². The zero-order chi connectivity index (χ0) is 18.6. The normalized spacial score (nSPS) is 15.1. The van der Waals surface area contributed by atoms with Crippen LogP contribution in [0.3, 0.4) is 0 Å². The standard InChI is InChI=1S/C19H21ClN2O3S/c20-18-9-5-15(6-10-18)13-21-19(23)17-7-3-16(4-8-17)14-26(24,25)22-11-1-2-12-22/h3-10H,1-2,11-14H2,(H,21,23). The van der Waals surface area contributed by atoms with Gasteiger partial charge in [-0.25, -0.2) is 12.7 Å². The van der Waals surface area contributed by atoms with Crippen molar-refractivity contribution in [2.75, 3.05) is 13.1 Å². The van der Waals surface area contributed by atoms with Gasteiger partial charge in [0.05, 0.1) is 5.75 Å². The predicted octanol–water partition coefficient (Wildman–Crippen LogP) is 3.20. The van der Waals surface area contributed by atoms with Crippen LogP contribution in [0.15, 0.2) is 48.5 Å². The molecule has 0 unspecified atom stereocenters. The van der Waals surface area contributed by atoms with Crippen LogP contribution in [-0.2, 0) is 22.3 Å². The first-order valence-corrected chi connectivity index (χ1v) is 10.5. The monoisotopic (exact) mass is 392 g/mol. The molecule has 2 aromatic carbocycles. The smallest absolute Gasteiger partial charge is 0.251 e. The Hall–Kier alpha value is -1.89. The highest BCUT2D eigenvalue weighted by Crippen LogP contribution is 2.17. The Morgan fingerprint density at radius 1 is 0.962 bits per heavy atom. The Labute approximate surface area is 159 Å². The van der Waals surface area contributed by atoms with Crippen LogP contribution in [0.4, 0.5) is 0 Å². The van der Waals surface area contributed by atoms with Gasteiger partial charge >= 0.3 is 0 Å². The molecule has 1 aliphatic rings. The molecule has 2 aromatic rings. The third-order valence-corrected chi connectivity index (χ3v) is 6.49. The molecule has 1 saturated heterocycles. The lowest BCUT2D eigenvalue weighted by Crippen LogP contribution is -2.29. The van der Waals surface area contributed by atoms with E-state index in [1.165, 1.54) is 0 Å². The fourth-order valence-corrected chi connectivity index (χ4v) is 4.64. The number of hydrogen-bond acceptors (Lipinski definition) is 3. The van der Waals surface area contributed by atoms with E-state index in [2.05, 4.69) is 5.32 Å². The highest BCUT2D eigenvalue weighted by atomic mass is 35.5. The predicted molar refractivity (Wildman–Crippen MR) is 102 cm³/mol. The van der Waals surface area contributed by atoms with E-state index in [-0.39, 0.29) is 11.7 Å². The second-order valence-corrected chi connectivity index (χ2v) is 8.77. The average Bonchev–Trinajstić information content (AvgIpc) is 3.17. The number of carbonyl (C=O) groups excluding carboxylic acids is 1. The van der Waals surface area contributed by atoms with E-state index in [0.29, 0.717) is 35.8 Å². The molecule has 1 amide bonds. The maximum absolute atomic E-state index is 12.3. The molecule has 0 atom stereocenters. The summed E-state index contributed by atoms with van der Waals surface area (Å²) in [6.07, 6.45) is 1.85. The quantitative estimate of drug-likeness (QED) is 0.820. The Morgan fingerprint density at radius 2 is 1.54 bits per heavy atom. The molecule has 138 valence electrons. The molecule has 5 nitrogen and oxygen atoms in total. The number of hydrogen-bond donors (Lipinski definition) is 1. The summed E-state index contributed by atoms with van der Waals surface area (Å²) in [5, 5.41) is 3.49. The van der Waals surface area contributed by atoms with Gasteiger partial charge in [0, 0.05) is 30.2 Å². The van der Waals surface area contributed by atoms with Gasteiger partial charge in [-0.15, -0.1) is 0 Å². The number of amides is 1. The molecular weight excluding hydrogens is 372 g/mol. The first-order valence-electron chi connectivity index (χ1n) is 8.53. The van der Waals surface area contributed by atoms with E-state index >= 15 is 0 Å². The van der Waals surface area contributed by atoms with E-state index in [0.717, 1.165) is 18.4 Å². The number of benzene rings is 2. The van der Waals surface area contributed by atoms with Gasteiger partial charge in [0.15, 0.2) is 0 Å². The Morgan fingerprint density at radius 3 is 2.15 bits per heavy atom. The minimum atomic E-state index is -3.27. The van der Waals surface area contributed by atoms with Gasteiger partial charge in [-0.05, 0) is 48.2 Å². The van der Waals surface area contributed by atoms with Gasteiger partial charge in [0.2, 0.25) is 10.0 Å². The van der Waals surface area contributed by atoms with Crippen LogP contribution in [0, 0.1) is 0 Å². The molecule has 1 heterocycles. The summed E-state index contributed by atoms with van der Waals surface area (Å²) < 4.78 is 26.2. The van der Waals surface area contributed by atoms with Crippen molar-refractivity contribution in [1.82, 2.24) is 9.62 Å². The number of rotatable bonds is 6. The molecule has 1 fully saturated rings. The zero-order valence-corrected chi connectivity index (χ0v) is 15.9. The van der Waals surface area contributed by atoms with E-state index in [9.17, 15) is 13.2 Å². The van der Waals surface area contributed by atoms with Crippen molar-refractivity contribution in [1.29, 1.82) is 0 Å². The van der Waals surface area contributed by atoms with Crippen molar-refractivity contribution in [3.63, 3.8) is 0 Å². The summed E-state index contributed by atoms with van der Waals surface area (Å²) in [6, 6.07) is 14.0. The summed E-state index contributed by atoms with van der Waals surface area (Å²) in [5.41, 5.74) is 2.14. The largest absolute Gasteiger partial charge is 0.348 e. The minimum absolute atomic E-state index is 0.0281. The number of halogens is 1. The van der Waals surface area contributed by atoms with Crippen LogP contribution in [0.5, 0.6) is 0 Å². The maximum Gasteiger partial charge on any atom is 0.251 e. The number of nitrogens with one attached hydrogen (secondary N) is 1. The Balaban J connectivity index is 1.58. The van der Waals surface area contributed by atoms with Crippen LogP contribution in [0.1, 0.15) is 34.3 Å². The van der Waals surface area contributed by atoms with Gasteiger partial charge < -0.3 is 5.32 Å². The Bertz CT molecular complexity index is 859. The summed E-state index contributed by atoms with van der Waals surface area (Å²) in [4.78, 5) is 12.2. The lowest BCUT2D eigenvalue weighted by atomic mass is 10.1. The molecule has 0 aliphatic carbocycles. The van der Waals surface area contributed by atoms with Crippen molar-refractivity contribution in [3.8, 4) is 0 Å². The number of carbonyl (C=O) groups is 1. The molecule has 7 heteroatoms. The molecule has 0 radical (unpaired) electrons. The fraction of sp³-hybridized carbons (Fsp3) is 0.316. The lowest BCUT2D eigenvalue weighted by molar-refractivity contribution is 0.0951. The van der Waals surface area contributed by atoms with Crippen LogP contribution < -0.4 is 5.32 Å². The van der Waals surface area contributed by atoms with Gasteiger partial charge in [-0.3, -0.25) is 4.79 Å². The highest BCUT2D eigenvalue weighted by Gasteiger charge is 2.25. The minimum Gasteiger partial charge on any atom is -0.348 e. The fourth-order valence-electron chi connectivity index (χ4n) is 2.91. The summed E-state index contributed by atoms with van der Waals surface area (Å²) >= 11 is 5.84. The Kier molecular flexibility index (Phi) is 5.96. The summed E-state index contributed by atoms with van der Waals surface area (Å²) in [6.45, 7) is 1.61. The van der Waals surface area contributed by atoms with Crippen LogP contribution in [0.2, 0.25) is 5.02 Å². The first kappa shape index (κ1) is 18.9. The van der Waals surface area contributed by atoms with Gasteiger partial charge in [-0.1, -0.05) is 35.9 Å². The topological polar surface area (TPSA) is 66.5 Å². The summed E-state index contributed by atoms with van der Waals surface area (Å²) in [5.74, 6) is -0.228. The van der Waals surface area contributed by atoms with Crippen LogP contribution >= 0.6 is 11.6 Å². The highest BCUT2D eigenvalue weighted by molar-refractivity contribution is 7.88. The van der Waals surface area contributed by atoms with Gasteiger partial charge in [0.25, 0.3) is 5.91 Å². The third-order valence-electron chi connectivity index (χ3n) is 4.39. The third kappa shape index (κ3) is 4.84. The van der Waals surface area contributed by atoms with Crippen molar-refractivity contribution >= 4 is 27.5 Å². The average molecular weight is 393 g/mol. The second-order valence-electron chi connectivity index (χ2n) is 6.37. The lowest BCUT2D eigenvalue weighted by Gasteiger charge is -2.15. The second kappa shape index (κ2) is 8.20. The molecule has 26 heavy (non-hydrogen) atoms. The zero-order valence-electron chi connectivity index (χ0n) is 14.3. The number of nitrogens with zero attached hydrogens (tertiary/aromatic N) is 1. The maximum atomic E-state index is 12.3. The van der Waals surface area contributed by atoms with Crippen molar-refractivity contribution in [2.24, 2.45) is 0 Å². The first-order chi connectivity index (χ1) is 12.4. The molecular formula is C19H21ClN2O3S. The van der Waals surface area contributed by atoms with E-state index in [1.54, 1.807) is 40.7 Å². The van der Waals surface area contributed by atoms with E-state index < -0.39 is 10.0 Å².